The van der Waals surface area contributed by atoms with Gasteiger partial charge in [-0.15, -0.1) is 0 Å². The molecule has 0 heterocycles. The quantitative estimate of drug-likeness (QED) is 0.233. The summed E-state index contributed by atoms with van der Waals surface area (Å²) in [4.78, 5) is 24.8. The molecule has 2 aromatic rings. The molecule has 0 aliphatic carbocycles. The van der Waals surface area contributed by atoms with Crippen LogP contribution in [0.15, 0.2) is 58.7 Å². The number of ether oxygens (including phenoxy) is 1. The number of esters is 1. The van der Waals surface area contributed by atoms with Crippen LogP contribution in [0.3, 0.4) is 0 Å². The van der Waals surface area contributed by atoms with Gasteiger partial charge in [-0.25, -0.2) is 9.18 Å². The molecular formula is C18H14BrClFNO3. The van der Waals surface area contributed by atoms with E-state index >= 15 is 0 Å². The van der Waals surface area contributed by atoms with Crippen molar-refractivity contribution >= 4 is 45.0 Å². The fourth-order valence-electron chi connectivity index (χ4n) is 1.95. The molecule has 0 radical (unpaired) electrons. The molecule has 0 aromatic heterocycles. The molecule has 2 aromatic carbocycles. The number of halogens is 3. The predicted molar refractivity (Wildman–Crippen MR) is 98.2 cm³/mol. The highest BCUT2D eigenvalue weighted by Crippen LogP contribution is 2.24. The lowest BCUT2D eigenvalue weighted by molar-refractivity contribution is -0.138. The van der Waals surface area contributed by atoms with Crippen LogP contribution in [0.1, 0.15) is 17.3 Å². The van der Waals surface area contributed by atoms with Gasteiger partial charge < -0.3 is 10.1 Å². The van der Waals surface area contributed by atoms with Crippen LogP contribution in [0.4, 0.5) is 10.1 Å². The fraction of sp³-hybridized carbons (Fsp3) is 0.111. The Morgan fingerprint density at radius 1 is 1.24 bits per heavy atom. The number of hydrogen-bond acceptors (Lipinski definition) is 4. The van der Waals surface area contributed by atoms with Crippen LogP contribution >= 0.6 is 27.5 Å². The van der Waals surface area contributed by atoms with Crippen LogP contribution in [0.5, 0.6) is 0 Å². The van der Waals surface area contributed by atoms with Crippen LogP contribution < -0.4 is 5.32 Å². The number of rotatable bonds is 6. The second-order valence-electron chi connectivity index (χ2n) is 4.88. The van der Waals surface area contributed by atoms with E-state index in [9.17, 15) is 14.0 Å². The highest BCUT2D eigenvalue weighted by molar-refractivity contribution is 9.10. The Labute approximate surface area is 157 Å². The van der Waals surface area contributed by atoms with Gasteiger partial charge in [0.05, 0.1) is 11.6 Å². The van der Waals surface area contributed by atoms with Gasteiger partial charge in [-0.05, 0) is 49.4 Å². The molecule has 0 saturated carbocycles. The SMILES string of the molecule is CCOC(=O)/C(=C/Nc1ccc(F)cc1)C(=O)c1ccc(Br)cc1Cl. The van der Waals surface area contributed by atoms with Crippen molar-refractivity contribution in [3.8, 4) is 0 Å². The summed E-state index contributed by atoms with van der Waals surface area (Å²) in [5.41, 5.74) is 0.471. The van der Waals surface area contributed by atoms with Gasteiger partial charge in [0.2, 0.25) is 5.78 Å². The number of benzene rings is 2. The first-order valence-corrected chi connectivity index (χ1v) is 8.48. The Kier molecular flexibility index (Phi) is 6.73. The van der Waals surface area contributed by atoms with E-state index < -0.39 is 17.6 Å². The lowest BCUT2D eigenvalue weighted by Gasteiger charge is -2.09. The van der Waals surface area contributed by atoms with Gasteiger partial charge in [-0.1, -0.05) is 27.5 Å². The molecule has 0 aliphatic heterocycles. The minimum Gasteiger partial charge on any atom is -0.462 e. The van der Waals surface area contributed by atoms with Gasteiger partial charge in [0.15, 0.2) is 0 Å². The molecule has 2 rings (SSSR count). The third-order valence-corrected chi connectivity index (χ3v) is 3.95. The average Bonchev–Trinajstić information content (AvgIpc) is 2.56. The first-order chi connectivity index (χ1) is 11.9. The third-order valence-electron chi connectivity index (χ3n) is 3.14. The number of carbonyl (C=O) groups is 2. The van der Waals surface area contributed by atoms with Crippen LogP contribution in [-0.2, 0) is 9.53 Å². The van der Waals surface area contributed by atoms with Crippen LogP contribution in [0, 0.1) is 5.82 Å². The molecule has 0 atom stereocenters. The highest BCUT2D eigenvalue weighted by atomic mass is 79.9. The Morgan fingerprint density at radius 3 is 2.52 bits per heavy atom. The average molecular weight is 427 g/mol. The molecule has 0 bridgehead atoms. The zero-order chi connectivity index (χ0) is 18.4. The van der Waals surface area contributed by atoms with Crippen molar-refractivity contribution in [3.63, 3.8) is 0 Å². The molecule has 25 heavy (non-hydrogen) atoms. The molecule has 0 aliphatic rings. The molecule has 4 nitrogen and oxygen atoms in total. The fourth-order valence-corrected chi connectivity index (χ4v) is 2.71. The van der Waals surface area contributed by atoms with Crippen molar-refractivity contribution in [1.29, 1.82) is 0 Å². The summed E-state index contributed by atoms with van der Waals surface area (Å²) in [5.74, 6) is -1.75. The van der Waals surface area contributed by atoms with Gasteiger partial charge in [-0.3, -0.25) is 4.79 Å². The van der Waals surface area contributed by atoms with Crippen molar-refractivity contribution in [2.75, 3.05) is 11.9 Å². The number of Topliss-reactive ketones (excluding diaryl/α,β-unsaturated/α-hetero) is 1. The Hall–Kier alpha value is -2.18. The number of nitrogens with one attached hydrogen (secondary N) is 1. The Bertz CT molecular complexity index is 822. The maximum absolute atomic E-state index is 13.0. The number of anilines is 1. The van der Waals surface area contributed by atoms with Gasteiger partial charge in [-0.2, -0.15) is 0 Å². The van der Waals surface area contributed by atoms with E-state index in [0.717, 1.165) is 0 Å². The van der Waals surface area contributed by atoms with Crippen molar-refractivity contribution < 1.29 is 18.7 Å². The van der Waals surface area contributed by atoms with E-state index in [1.54, 1.807) is 19.1 Å². The molecule has 0 saturated heterocycles. The maximum atomic E-state index is 13.0. The zero-order valence-corrected chi connectivity index (χ0v) is 15.5. The smallest absolute Gasteiger partial charge is 0.343 e. The van der Waals surface area contributed by atoms with E-state index in [1.807, 2.05) is 0 Å². The minimum atomic E-state index is -0.777. The molecule has 0 unspecified atom stereocenters. The van der Waals surface area contributed by atoms with Crippen molar-refractivity contribution in [2.24, 2.45) is 0 Å². The first kappa shape index (κ1) is 19.1. The summed E-state index contributed by atoms with van der Waals surface area (Å²) in [5, 5.41) is 3.00. The molecule has 0 fully saturated rings. The highest BCUT2D eigenvalue weighted by Gasteiger charge is 2.23. The van der Waals surface area contributed by atoms with Crippen molar-refractivity contribution in [1.82, 2.24) is 0 Å². The standard InChI is InChI=1S/C18H14BrClFNO3/c1-2-25-18(24)15(10-22-13-6-4-12(21)5-7-13)17(23)14-8-3-11(19)9-16(14)20/h3-10,22H,2H2,1H3/b15-10+. The summed E-state index contributed by atoms with van der Waals surface area (Å²) in [6.07, 6.45) is 1.23. The second kappa shape index (κ2) is 8.78. The van der Waals surface area contributed by atoms with Crippen LogP contribution in [0.2, 0.25) is 5.02 Å². The first-order valence-electron chi connectivity index (χ1n) is 7.31. The van der Waals surface area contributed by atoms with Crippen LogP contribution in [-0.4, -0.2) is 18.4 Å². The number of hydrogen-bond donors (Lipinski definition) is 1. The maximum Gasteiger partial charge on any atom is 0.343 e. The van der Waals surface area contributed by atoms with Gasteiger partial charge >= 0.3 is 5.97 Å². The summed E-state index contributed by atoms with van der Waals surface area (Å²) in [7, 11) is 0. The molecule has 1 N–H and O–H groups in total. The third kappa shape index (κ3) is 5.14. The van der Waals surface area contributed by atoms with E-state index in [-0.39, 0.29) is 22.8 Å². The summed E-state index contributed by atoms with van der Waals surface area (Å²) < 4.78 is 18.6. The predicted octanol–water partition coefficient (Wildman–Crippen LogP) is 4.98. The minimum absolute atomic E-state index is 0.119. The largest absolute Gasteiger partial charge is 0.462 e. The molecule has 7 heteroatoms. The van der Waals surface area contributed by atoms with Crippen molar-refractivity contribution in [2.45, 2.75) is 6.92 Å². The monoisotopic (exact) mass is 425 g/mol. The van der Waals surface area contributed by atoms with Gasteiger partial charge in [0.25, 0.3) is 0 Å². The van der Waals surface area contributed by atoms with Gasteiger partial charge in [0, 0.05) is 21.9 Å². The number of ketones is 1. The van der Waals surface area contributed by atoms with E-state index in [2.05, 4.69) is 21.2 Å². The van der Waals surface area contributed by atoms with E-state index in [4.69, 9.17) is 16.3 Å². The van der Waals surface area contributed by atoms with E-state index in [0.29, 0.717) is 10.2 Å². The summed E-state index contributed by atoms with van der Waals surface area (Å²) >= 11 is 9.35. The van der Waals surface area contributed by atoms with Crippen LogP contribution in [0.25, 0.3) is 0 Å². The molecular weight excluding hydrogens is 413 g/mol. The van der Waals surface area contributed by atoms with Gasteiger partial charge in [0.1, 0.15) is 11.4 Å². The molecule has 0 spiro atoms. The second-order valence-corrected chi connectivity index (χ2v) is 6.21. The van der Waals surface area contributed by atoms with Crippen molar-refractivity contribution in [3.05, 3.63) is 75.1 Å². The topological polar surface area (TPSA) is 55.4 Å². The molecule has 0 amide bonds. The lowest BCUT2D eigenvalue weighted by Crippen LogP contribution is -2.18. The normalized spacial score (nSPS) is 11.1. The lowest BCUT2D eigenvalue weighted by atomic mass is 10.0. The summed E-state index contributed by atoms with van der Waals surface area (Å²) in [6.45, 7) is 1.76. The zero-order valence-electron chi connectivity index (χ0n) is 13.2. The Morgan fingerprint density at radius 2 is 1.92 bits per heavy atom. The Balaban J connectivity index is 2.34. The summed E-state index contributed by atoms with van der Waals surface area (Å²) in [6, 6.07) is 10.2. The number of carbonyl (C=O) groups excluding carboxylic acids is 2. The van der Waals surface area contributed by atoms with E-state index in [1.165, 1.54) is 36.5 Å². The molecule has 130 valence electrons.